The standard InChI is InChI=1S/C31H35N5O3.2ClH/c1-4-39-30-14-11-22(15-33-30)18-35-19-23(16-34-35)20-36(24-12-13-28(21(2)3)32-17-24)31(38)27-9-5-8-26-25(27)7-6-10-29(26)37;;/h6-7,10-17,19,21,27,37H,4-5,8-9,18,20H2,1-3H3;2*1H. The highest BCUT2D eigenvalue weighted by Crippen LogP contribution is 2.38. The topological polar surface area (TPSA) is 93.4 Å². The van der Waals surface area contributed by atoms with Crippen LogP contribution in [0.3, 0.4) is 0 Å². The first-order valence-electron chi connectivity index (χ1n) is 13.6. The Morgan fingerprint density at radius 2 is 1.90 bits per heavy atom. The Labute approximate surface area is 253 Å². The van der Waals surface area contributed by atoms with Crippen LogP contribution >= 0.6 is 24.8 Å². The van der Waals surface area contributed by atoms with Crippen LogP contribution in [-0.2, 0) is 24.3 Å². The summed E-state index contributed by atoms with van der Waals surface area (Å²) >= 11 is 0. The first-order valence-corrected chi connectivity index (χ1v) is 13.6. The number of anilines is 1. The van der Waals surface area contributed by atoms with Crippen molar-refractivity contribution in [2.45, 2.75) is 65.0 Å². The Hall–Kier alpha value is -3.62. The van der Waals surface area contributed by atoms with Crippen LogP contribution in [0.4, 0.5) is 5.69 Å². The van der Waals surface area contributed by atoms with Crippen molar-refractivity contribution < 1.29 is 14.6 Å². The van der Waals surface area contributed by atoms with Gasteiger partial charge >= 0.3 is 0 Å². The molecule has 0 bridgehead atoms. The van der Waals surface area contributed by atoms with Gasteiger partial charge in [-0.15, -0.1) is 24.8 Å². The fourth-order valence-electron chi connectivity index (χ4n) is 5.15. The van der Waals surface area contributed by atoms with Gasteiger partial charge in [0.2, 0.25) is 11.8 Å². The molecule has 1 unspecified atom stereocenters. The molecule has 0 saturated heterocycles. The summed E-state index contributed by atoms with van der Waals surface area (Å²) in [5, 5.41) is 15.0. The van der Waals surface area contributed by atoms with Gasteiger partial charge in [-0.05, 0) is 67.0 Å². The zero-order valence-electron chi connectivity index (χ0n) is 23.6. The van der Waals surface area contributed by atoms with Crippen molar-refractivity contribution in [1.29, 1.82) is 0 Å². The molecular formula is C31H37Cl2N5O3. The SMILES string of the molecule is CCOc1ccc(Cn2cc(CN(C(=O)C3CCCc4c(O)cccc43)c3ccc(C(C)C)nc3)cn2)cn1.Cl.Cl. The number of fused-ring (bicyclic) bond motifs is 1. The number of carbonyl (C=O) groups excluding carboxylic acids is 1. The van der Waals surface area contributed by atoms with E-state index < -0.39 is 0 Å². The number of hydrogen-bond acceptors (Lipinski definition) is 6. The maximum atomic E-state index is 14.1. The molecule has 8 nitrogen and oxygen atoms in total. The summed E-state index contributed by atoms with van der Waals surface area (Å²) in [7, 11) is 0. The molecule has 1 N–H and O–H groups in total. The van der Waals surface area contributed by atoms with Gasteiger partial charge in [0.15, 0.2) is 0 Å². The van der Waals surface area contributed by atoms with E-state index in [4.69, 9.17) is 4.74 Å². The van der Waals surface area contributed by atoms with Gasteiger partial charge in [-0.1, -0.05) is 32.0 Å². The van der Waals surface area contributed by atoms with Gasteiger partial charge < -0.3 is 14.7 Å². The van der Waals surface area contributed by atoms with E-state index in [0.717, 1.165) is 52.9 Å². The molecule has 10 heteroatoms. The number of carbonyl (C=O) groups is 1. The highest BCUT2D eigenvalue weighted by atomic mass is 35.5. The molecule has 0 aliphatic heterocycles. The van der Waals surface area contributed by atoms with Gasteiger partial charge in [-0.3, -0.25) is 14.5 Å². The first kappa shape index (κ1) is 31.9. The molecular weight excluding hydrogens is 561 g/mol. The normalized spacial score (nSPS) is 14.0. The number of rotatable bonds is 9. The Morgan fingerprint density at radius 1 is 1.07 bits per heavy atom. The van der Waals surface area contributed by atoms with Crippen LogP contribution in [0.15, 0.2) is 67.3 Å². The lowest BCUT2D eigenvalue weighted by Crippen LogP contribution is -2.36. The molecule has 0 fully saturated rings. The second kappa shape index (κ2) is 14.3. The van der Waals surface area contributed by atoms with Crippen molar-refractivity contribution in [1.82, 2.24) is 19.7 Å². The first-order chi connectivity index (χ1) is 18.9. The lowest BCUT2D eigenvalue weighted by Gasteiger charge is -2.31. The predicted molar refractivity (Wildman–Crippen MR) is 165 cm³/mol. The average Bonchev–Trinajstić information content (AvgIpc) is 3.39. The van der Waals surface area contributed by atoms with Crippen LogP contribution in [-0.4, -0.2) is 37.4 Å². The quantitative estimate of drug-likeness (QED) is 0.238. The van der Waals surface area contributed by atoms with Crippen LogP contribution in [0.25, 0.3) is 0 Å². The van der Waals surface area contributed by atoms with E-state index in [1.165, 1.54) is 0 Å². The monoisotopic (exact) mass is 597 g/mol. The highest BCUT2D eigenvalue weighted by molar-refractivity contribution is 5.98. The lowest BCUT2D eigenvalue weighted by molar-refractivity contribution is -0.120. The molecule has 0 radical (unpaired) electrons. The fraction of sp³-hybridized carbons (Fsp3) is 0.355. The van der Waals surface area contributed by atoms with Crippen molar-refractivity contribution in [3.8, 4) is 11.6 Å². The summed E-state index contributed by atoms with van der Waals surface area (Å²) in [4.78, 5) is 24.9. The Balaban J connectivity index is 0.00000231. The molecule has 1 aromatic carbocycles. The summed E-state index contributed by atoms with van der Waals surface area (Å²) in [5.41, 5.74) is 5.46. The smallest absolute Gasteiger partial charge is 0.234 e. The number of pyridine rings is 2. The second-order valence-electron chi connectivity index (χ2n) is 10.3. The van der Waals surface area contributed by atoms with E-state index in [2.05, 4.69) is 28.9 Å². The van der Waals surface area contributed by atoms with Crippen molar-refractivity contribution in [2.24, 2.45) is 0 Å². The molecule has 218 valence electrons. The minimum absolute atomic E-state index is 0. The van der Waals surface area contributed by atoms with Crippen LogP contribution in [0, 0.1) is 0 Å². The van der Waals surface area contributed by atoms with Gasteiger partial charge in [0.1, 0.15) is 5.75 Å². The zero-order chi connectivity index (χ0) is 27.4. The molecule has 1 amide bonds. The maximum absolute atomic E-state index is 14.1. The third-order valence-electron chi connectivity index (χ3n) is 7.18. The molecule has 41 heavy (non-hydrogen) atoms. The number of amides is 1. The number of halogens is 2. The maximum Gasteiger partial charge on any atom is 0.234 e. The van der Waals surface area contributed by atoms with Crippen LogP contribution in [0.5, 0.6) is 11.6 Å². The molecule has 0 spiro atoms. The largest absolute Gasteiger partial charge is 0.508 e. The number of nitrogens with zero attached hydrogens (tertiary/aromatic N) is 5. The number of phenolic OH excluding ortho intramolecular Hbond substituents is 1. The van der Waals surface area contributed by atoms with E-state index in [1.807, 2.05) is 54.2 Å². The van der Waals surface area contributed by atoms with Crippen molar-refractivity contribution >= 4 is 36.4 Å². The molecule has 4 aromatic rings. The number of phenols is 1. The molecule has 3 aromatic heterocycles. The number of aromatic nitrogens is 4. The van der Waals surface area contributed by atoms with Crippen molar-refractivity contribution in [3.05, 3.63) is 95.2 Å². The molecule has 3 heterocycles. The van der Waals surface area contributed by atoms with Gasteiger partial charge in [0, 0.05) is 29.7 Å². The van der Waals surface area contributed by atoms with Crippen molar-refractivity contribution in [2.75, 3.05) is 11.5 Å². The molecule has 0 saturated carbocycles. The van der Waals surface area contributed by atoms with E-state index in [-0.39, 0.29) is 42.4 Å². The third-order valence-corrected chi connectivity index (χ3v) is 7.18. The van der Waals surface area contributed by atoms with Crippen LogP contribution in [0.1, 0.15) is 73.4 Å². The number of hydrogen-bond donors (Lipinski definition) is 1. The average molecular weight is 599 g/mol. The van der Waals surface area contributed by atoms with Crippen LogP contribution < -0.4 is 9.64 Å². The Morgan fingerprint density at radius 3 is 2.59 bits per heavy atom. The second-order valence-corrected chi connectivity index (χ2v) is 10.3. The van der Waals surface area contributed by atoms with Gasteiger partial charge in [0.25, 0.3) is 0 Å². The lowest BCUT2D eigenvalue weighted by atomic mass is 9.81. The van der Waals surface area contributed by atoms with E-state index in [1.54, 1.807) is 29.6 Å². The van der Waals surface area contributed by atoms with E-state index >= 15 is 0 Å². The highest BCUT2D eigenvalue weighted by Gasteiger charge is 2.32. The Kier molecular flexibility index (Phi) is 11.1. The summed E-state index contributed by atoms with van der Waals surface area (Å²) < 4.78 is 7.28. The van der Waals surface area contributed by atoms with Crippen molar-refractivity contribution in [3.63, 3.8) is 0 Å². The summed E-state index contributed by atoms with van der Waals surface area (Å²) in [6, 6.07) is 13.3. The molecule has 1 atom stereocenters. The van der Waals surface area contributed by atoms with E-state index in [9.17, 15) is 9.90 Å². The molecule has 1 aliphatic rings. The summed E-state index contributed by atoms with van der Waals surface area (Å²) in [6.07, 6.45) is 9.73. The summed E-state index contributed by atoms with van der Waals surface area (Å²) in [5.74, 6) is 0.849. The Bertz CT molecular complexity index is 1420. The molecule has 1 aliphatic carbocycles. The number of benzene rings is 1. The minimum Gasteiger partial charge on any atom is -0.508 e. The number of aromatic hydroxyl groups is 1. The molecule has 5 rings (SSSR count). The minimum atomic E-state index is -0.324. The fourth-order valence-corrected chi connectivity index (χ4v) is 5.15. The van der Waals surface area contributed by atoms with E-state index in [0.29, 0.717) is 31.5 Å². The van der Waals surface area contributed by atoms with Crippen LogP contribution in [0.2, 0.25) is 0 Å². The third kappa shape index (κ3) is 7.37. The zero-order valence-corrected chi connectivity index (χ0v) is 25.2. The van der Waals surface area contributed by atoms with Gasteiger partial charge in [-0.2, -0.15) is 5.10 Å². The van der Waals surface area contributed by atoms with Gasteiger partial charge in [0.05, 0.1) is 43.7 Å². The summed E-state index contributed by atoms with van der Waals surface area (Å²) in [6.45, 7) is 7.64. The predicted octanol–water partition coefficient (Wildman–Crippen LogP) is 6.45. The number of ether oxygens (including phenoxy) is 1. The van der Waals surface area contributed by atoms with Gasteiger partial charge in [-0.25, -0.2) is 4.98 Å².